The van der Waals surface area contributed by atoms with Gasteiger partial charge in [-0.3, -0.25) is 4.57 Å². The van der Waals surface area contributed by atoms with Gasteiger partial charge in [0.05, 0.1) is 0 Å². The minimum atomic E-state index is -3.89. The fraction of sp³-hybridized carbons (Fsp3) is 0.429. The zero-order valence-corrected chi connectivity index (χ0v) is 10.7. The Balaban J connectivity index is 2.21. The molecule has 0 radical (unpaired) electrons. The summed E-state index contributed by atoms with van der Waals surface area (Å²) < 4.78 is 28.0. The maximum Gasteiger partial charge on any atom is 0.296 e. The highest BCUT2D eigenvalue weighted by Gasteiger charge is 2.34. The summed E-state index contributed by atoms with van der Waals surface area (Å²) in [6.45, 7) is 0. The Morgan fingerprint density at radius 3 is 2.65 bits per heavy atom. The molecule has 0 atom stereocenters. The molecule has 0 aromatic carbocycles. The van der Waals surface area contributed by atoms with Gasteiger partial charge < -0.3 is 0 Å². The molecule has 0 bridgehead atoms. The van der Waals surface area contributed by atoms with E-state index in [0.717, 1.165) is 12.8 Å². The van der Waals surface area contributed by atoms with Gasteiger partial charge in [0.1, 0.15) is 5.69 Å². The lowest BCUT2D eigenvalue weighted by atomic mass is 10.4. The zero-order valence-electron chi connectivity index (χ0n) is 8.32. The fourth-order valence-corrected chi connectivity index (χ4v) is 2.90. The molecule has 1 aliphatic carbocycles. The van der Waals surface area contributed by atoms with Crippen molar-refractivity contribution in [3.05, 3.63) is 5.38 Å². The van der Waals surface area contributed by atoms with Crippen molar-refractivity contribution < 1.29 is 8.42 Å². The van der Waals surface area contributed by atoms with Crippen LogP contribution in [0.3, 0.4) is 0 Å². The monoisotopic (exact) mass is 291 g/mol. The Kier molecular flexibility index (Phi) is 2.42. The summed E-state index contributed by atoms with van der Waals surface area (Å²) in [6.07, 6.45) is 1.78. The summed E-state index contributed by atoms with van der Waals surface area (Å²) in [7, 11) is 1.43. The van der Waals surface area contributed by atoms with Gasteiger partial charge in [-0.15, -0.1) is 15.3 Å². The van der Waals surface area contributed by atoms with E-state index in [1.807, 2.05) is 0 Å². The molecule has 0 spiro atoms. The molecule has 0 N–H and O–H groups in total. The molecule has 0 amide bonds. The first kappa shape index (κ1) is 11.1. The van der Waals surface area contributed by atoms with Crippen LogP contribution in [0.4, 0.5) is 0 Å². The van der Waals surface area contributed by atoms with Gasteiger partial charge in [-0.1, -0.05) is 4.49 Å². The highest BCUT2D eigenvalue weighted by molar-refractivity contribution is 8.13. The lowest BCUT2D eigenvalue weighted by molar-refractivity contribution is 0.579. The SMILES string of the molecule is O=S(=O)(Cl)c1nnc(-c2csnn2)n1C1CC1. The third-order valence-corrected chi connectivity index (χ3v) is 4.02. The Morgan fingerprint density at radius 1 is 1.35 bits per heavy atom. The molecule has 0 unspecified atom stereocenters. The van der Waals surface area contributed by atoms with Gasteiger partial charge in [0.2, 0.25) is 0 Å². The molecule has 7 nitrogen and oxygen atoms in total. The maximum absolute atomic E-state index is 11.4. The minimum absolute atomic E-state index is 0.0882. The van der Waals surface area contributed by atoms with Crippen molar-refractivity contribution in [2.45, 2.75) is 24.0 Å². The molecular formula is C7H6ClN5O2S2. The molecule has 90 valence electrons. The van der Waals surface area contributed by atoms with Gasteiger partial charge >= 0.3 is 0 Å². The molecule has 2 aromatic rings. The molecule has 0 saturated heterocycles. The van der Waals surface area contributed by atoms with E-state index in [9.17, 15) is 8.42 Å². The van der Waals surface area contributed by atoms with Gasteiger partial charge in [-0.25, -0.2) is 8.42 Å². The third-order valence-electron chi connectivity index (χ3n) is 2.38. The van der Waals surface area contributed by atoms with E-state index < -0.39 is 9.05 Å². The molecule has 0 aliphatic heterocycles. The van der Waals surface area contributed by atoms with E-state index >= 15 is 0 Å². The third kappa shape index (κ3) is 1.94. The van der Waals surface area contributed by atoms with E-state index in [1.54, 1.807) is 5.38 Å². The Morgan fingerprint density at radius 2 is 2.12 bits per heavy atom. The highest BCUT2D eigenvalue weighted by atomic mass is 35.7. The van der Waals surface area contributed by atoms with Gasteiger partial charge in [0.25, 0.3) is 14.2 Å². The van der Waals surface area contributed by atoms with Crippen molar-refractivity contribution in [3.8, 4) is 11.5 Å². The summed E-state index contributed by atoms with van der Waals surface area (Å²) in [6, 6.07) is 0.0882. The average molecular weight is 292 g/mol. The van der Waals surface area contributed by atoms with E-state index in [4.69, 9.17) is 10.7 Å². The fourth-order valence-electron chi connectivity index (χ4n) is 1.54. The van der Waals surface area contributed by atoms with Gasteiger partial charge in [-0.05, 0) is 24.4 Å². The predicted molar refractivity (Wildman–Crippen MR) is 60.2 cm³/mol. The van der Waals surface area contributed by atoms with Crippen LogP contribution in [-0.2, 0) is 9.05 Å². The lowest BCUT2D eigenvalue weighted by Gasteiger charge is -2.04. The summed E-state index contributed by atoms with van der Waals surface area (Å²) in [5.74, 6) is 0.403. The molecule has 1 saturated carbocycles. The molecule has 2 aromatic heterocycles. The average Bonchev–Trinajstić information content (AvgIpc) is 2.81. The smallest absolute Gasteiger partial charge is 0.292 e. The molecular weight excluding hydrogens is 286 g/mol. The topological polar surface area (TPSA) is 90.6 Å². The first-order chi connectivity index (χ1) is 8.07. The number of halogens is 1. The maximum atomic E-state index is 11.4. The van der Waals surface area contributed by atoms with Crippen molar-refractivity contribution in [1.82, 2.24) is 24.4 Å². The Labute approximate surface area is 105 Å². The Hall–Kier alpha value is -1.06. The van der Waals surface area contributed by atoms with E-state index in [1.165, 1.54) is 16.1 Å². The summed E-state index contributed by atoms with van der Waals surface area (Å²) >= 11 is 1.17. The standard InChI is InChI=1S/C7H6ClN5O2S2/c8-17(14,15)7-11-10-6(5-3-16-12-9-5)13(7)4-1-2-4/h3-4H,1-2H2. The molecule has 3 rings (SSSR count). The second-order valence-electron chi connectivity index (χ2n) is 3.64. The van der Waals surface area contributed by atoms with E-state index in [0.29, 0.717) is 11.5 Å². The highest BCUT2D eigenvalue weighted by Crippen LogP contribution is 2.40. The summed E-state index contributed by atoms with van der Waals surface area (Å²) in [5, 5.41) is 12.8. The Bertz CT molecular complexity index is 646. The number of hydrogen-bond acceptors (Lipinski definition) is 7. The summed E-state index contributed by atoms with van der Waals surface area (Å²) in [4.78, 5) is 0. The van der Waals surface area contributed by atoms with Crippen molar-refractivity contribution in [2.24, 2.45) is 0 Å². The van der Waals surface area contributed by atoms with Crippen LogP contribution in [0.25, 0.3) is 11.5 Å². The molecule has 1 fully saturated rings. The molecule has 2 heterocycles. The van der Waals surface area contributed by atoms with Gasteiger partial charge in [-0.2, -0.15) is 0 Å². The second kappa shape index (κ2) is 3.72. The largest absolute Gasteiger partial charge is 0.296 e. The number of nitrogens with zero attached hydrogens (tertiary/aromatic N) is 5. The van der Waals surface area contributed by atoms with Crippen molar-refractivity contribution in [2.75, 3.05) is 0 Å². The first-order valence-electron chi connectivity index (χ1n) is 4.74. The second-order valence-corrected chi connectivity index (χ2v) is 6.70. The molecule has 10 heteroatoms. The van der Waals surface area contributed by atoms with Crippen LogP contribution in [0.2, 0.25) is 0 Å². The number of hydrogen-bond donors (Lipinski definition) is 0. The van der Waals surface area contributed by atoms with Crippen molar-refractivity contribution in [3.63, 3.8) is 0 Å². The van der Waals surface area contributed by atoms with Crippen LogP contribution in [0.1, 0.15) is 18.9 Å². The van der Waals surface area contributed by atoms with E-state index in [2.05, 4.69) is 19.8 Å². The van der Waals surface area contributed by atoms with Crippen LogP contribution in [-0.4, -0.2) is 32.8 Å². The van der Waals surface area contributed by atoms with Crippen molar-refractivity contribution >= 4 is 31.3 Å². The zero-order chi connectivity index (χ0) is 12.0. The molecule has 1 aliphatic rings. The van der Waals surface area contributed by atoms with Gasteiger partial charge in [0.15, 0.2) is 5.82 Å². The number of rotatable bonds is 3. The quantitative estimate of drug-likeness (QED) is 0.785. The van der Waals surface area contributed by atoms with Gasteiger partial charge in [0, 0.05) is 22.1 Å². The number of aromatic nitrogens is 5. The van der Waals surface area contributed by atoms with Crippen LogP contribution >= 0.6 is 22.2 Å². The normalized spacial score (nSPS) is 16.3. The molecule has 17 heavy (non-hydrogen) atoms. The van der Waals surface area contributed by atoms with Crippen LogP contribution in [0.15, 0.2) is 10.5 Å². The minimum Gasteiger partial charge on any atom is -0.292 e. The van der Waals surface area contributed by atoms with Crippen molar-refractivity contribution in [1.29, 1.82) is 0 Å². The van der Waals surface area contributed by atoms with Crippen LogP contribution < -0.4 is 0 Å². The van der Waals surface area contributed by atoms with Crippen LogP contribution in [0, 0.1) is 0 Å². The van der Waals surface area contributed by atoms with E-state index in [-0.39, 0.29) is 11.2 Å². The first-order valence-corrected chi connectivity index (χ1v) is 7.89. The summed E-state index contributed by atoms with van der Waals surface area (Å²) in [5.41, 5.74) is 0.515. The predicted octanol–water partition coefficient (Wildman–Crippen LogP) is 1.06. The lowest BCUT2D eigenvalue weighted by Crippen LogP contribution is -2.06. The van der Waals surface area contributed by atoms with Crippen LogP contribution in [0.5, 0.6) is 0 Å².